The zero-order valence-electron chi connectivity index (χ0n) is 6.21. The van der Waals surface area contributed by atoms with Crippen molar-refractivity contribution in [1.82, 2.24) is 4.31 Å². The summed E-state index contributed by atoms with van der Waals surface area (Å²) in [5, 5.41) is 0. The fourth-order valence-corrected chi connectivity index (χ4v) is 3.08. The maximum atomic E-state index is 4.74. The largest absolute Gasteiger partial charge is 0.386 e. The molecule has 0 aromatic carbocycles. The second kappa shape index (κ2) is 5.04. The van der Waals surface area contributed by atoms with E-state index in [-0.39, 0.29) is 10.3 Å². The quantitative estimate of drug-likeness (QED) is 0.472. The Kier molecular flexibility index (Phi) is 4.31. The van der Waals surface area contributed by atoms with Crippen LogP contribution in [0.1, 0.15) is 19.3 Å². The SMILES string of the molecule is S=C=[S-](=C=S)N1CCCCC1. The van der Waals surface area contributed by atoms with Gasteiger partial charge in [0.15, 0.2) is 0 Å². The topological polar surface area (TPSA) is 3.24 Å². The Morgan fingerprint density at radius 3 is 2.00 bits per heavy atom. The number of thiocarbonyl (C=S) groups is 2. The third kappa shape index (κ3) is 2.68. The maximum Gasteiger partial charge on any atom is -0.0201 e. The second-order valence-corrected chi connectivity index (χ2v) is 4.86. The van der Waals surface area contributed by atoms with Gasteiger partial charge in [0.25, 0.3) is 0 Å². The molecule has 1 aliphatic heterocycles. The van der Waals surface area contributed by atoms with E-state index in [0.717, 1.165) is 13.1 Å². The van der Waals surface area contributed by atoms with Crippen LogP contribution in [0.25, 0.3) is 0 Å². The van der Waals surface area contributed by atoms with Crippen LogP contribution in [-0.4, -0.2) is 26.0 Å². The van der Waals surface area contributed by atoms with E-state index in [2.05, 4.69) is 12.9 Å². The van der Waals surface area contributed by atoms with Gasteiger partial charge in [-0.15, -0.1) is 0 Å². The van der Waals surface area contributed by atoms with Crippen LogP contribution >= 0.6 is 24.4 Å². The van der Waals surface area contributed by atoms with E-state index in [4.69, 9.17) is 24.4 Å². The predicted molar refractivity (Wildman–Crippen MR) is 58.0 cm³/mol. The van der Waals surface area contributed by atoms with Crippen molar-refractivity contribution in [3.8, 4) is 0 Å². The number of rotatable bonds is 1. The lowest BCUT2D eigenvalue weighted by Crippen LogP contribution is -2.28. The maximum absolute atomic E-state index is 4.74. The molecule has 1 saturated heterocycles. The first kappa shape index (κ1) is 9.40. The van der Waals surface area contributed by atoms with Gasteiger partial charge in [0.2, 0.25) is 0 Å². The van der Waals surface area contributed by atoms with E-state index in [9.17, 15) is 0 Å². The molecule has 0 aromatic rings. The van der Waals surface area contributed by atoms with E-state index in [1.54, 1.807) is 0 Å². The van der Waals surface area contributed by atoms with Crippen molar-refractivity contribution in [1.29, 1.82) is 0 Å². The van der Waals surface area contributed by atoms with Crippen LogP contribution in [0, 0.1) is 0 Å². The first-order chi connectivity index (χ1) is 5.38. The Morgan fingerprint density at radius 2 is 1.55 bits per heavy atom. The molecule has 0 atom stereocenters. The highest BCUT2D eigenvalue weighted by Crippen LogP contribution is 2.07. The molecule has 11 heavy (non-hydrogen) atoms. The first-order valence-electron chi connectivity index (χ1n) is 3.63. The summed E-state index contributed by atoms with van der Waals surface area (Å²) in [5.74, 6) is 0. The Hall–Kier alpha value is 0.310. The second-order valence-electron chi connectivity index (χ2n) is 2.44. The molecule has 0 unspecified atom stereocenters. The summed E-state index contributed by atoms with van der Waals surface area (Å²) >= 11 is 9.49. The minimum Gasteiger partial charge on any atom is -0.386 e. The molecule has 1 aliphatic rings. The normalized spacial score (nSPS) is 19.4. The Bertz CT molecular complexity index is 233. The summed E-state index contributed by atoms with van der Waals surface area (Å²) in [5.41, 5.74) is 0. The van der Waals surface area contributed by atoms with Crippen LogP contribution in [-0.2, 0) is 10.3 Å². The van der Waals surface area contributed by atoms with Gasteiger partial charge in [0.1, 0.15) is 0 Å². The Balaban J connectivity index is 2.73. The summed E-state index contributed by atoms with van der Waals surface area (Å²) in [6, 6.07) is 0. The highest BCUT2D eigenvalue weighted by atomic mass is 32.2. The minimum absolute atomic E-state index is 0.262. The van der Waals surface area contributed by atoms with Crippen molar-refractivity contribution < 1.29 is 0 Å². The monoisotopic (exact) mass is 204 g/mol. The molecule has 0 saturated carbocycles. The van der Waals surface area contributed by atoms with Gasteiger partial charge in [0, 0.05) is 0 Å². The Labute approximate surface area is 80.0 Å². The summed E-state index contributed by atoms with van der Waals surface area (Å²) in [7, 11) is -0.262. The average Bonchev–Trinajstić information content (AvgIpc) is 2.09. The summed E-state index contributed by atoms with van der Waals surface area (Å²) < 4.78 is 7.75. The fraction of sp³-hybridized carbons (Fsp3) is 0.714. The average molecular weight is 204 g/mol. The summed E-state index contributed by atoms with van der Waals surface area (Å²) in [4.78, 5) is 0. The van der Waals surface area contributed by atoms with Gasteiger partial charge < -0.3 is 14.6 Å². The number of hydrogen-bond donors (Lipinski definition) is 0. The smallest absolute Gasteiger partial charge is 0.0201 e. The molecule has 1 heterocycles. The summed E-state index contributed by atoms with van der Waals surface area (Å²) in [6.07, 6.45) is 3.86. The lowest BCUT2D eigenvalue weighted by molar-refractivity contribution is 0.381. The van der Waals surface area contributed by atoms with Crippen molar-refractivity contribution in [3.63, 3.8) is 0 Å². The van der Waals surface area contributed by atoms with Gasteiger partial charge in [-0.2, -0.15) is 8.63 Å². The molecular formula is C7H10NS3-. The fourth-order valence-electron chi connectivity index (χ4n) is 1.17. The lowest BCUT2D eigenvalue weighted by atomic mass is 10.2. The van der Waals surface area contributed by atoms with Gasteiger partial charge in [-0.05, 0) is 25.9 Å². The van der Waals surface area contributed by atoms with Gasteiger partial charge >= 0.3 is 0 Å². The molecule has 4 heteroatoms. The number of piperidine rings is 1. The standard InChI is InChI=1S/C7H10NS3/c9-6-11(7-10)8-4-2-1-3-5-8/h1-5H2/q-1. The predicted octanol–water partition coefficient (Wildman–Crippen LogP) is 1.67. The number of nitrogens with zero attached hydrogens (tertiary/aromatic N) is 1. The third-order valence-corrected chi connectivity index (χ3v) is 3.88. The van der Waals surface area contributed by atoms with E-state index in [1.165, 1.54) is 19.3 Å². The molecule has 0 radical (unpaired) electrons. The van der Waals surface area contributed by atoms with E-state index in [1.807, 2.05) is 0 Å². The third-order valence-electron chi connectivity index (χ3n) is 1.73. The van der Waals surface area contributed by atoms with Crippen molar-refractivity contribution in [2.75, 3.05) is 13.1 Å². The van der Waals surface area contributed by atoms with Crippen LogP contribution in [0.2, 0.25) is 0 Å². The van der Waals surface area contributed by atoms with Gasteiger partial charge in [0.05, 0.1) is 0 Å². The highest BCUT2D eigenvalue weighted by Gasteiger charge is 2.01. The molecule has 1 rings (SSSR count). The zero-order valence-corrected chi connectivity index (χ0v) is 8.66. The molecule has 0 spiro atoms. The Morgan fingerprint density at radius 1 is 1.00 bits per heavy atom. The van der Waals surface area contributed by atoms with Crippen molar-refractivity contribution in [3.05, 3.63) is 0 Å². The first-order valence-corrected chi connectivity index (χ1v) is 5.63. The lowest BCUT2D eigenvalue weighted by Gasteiger charge is -2.32. The molecule has 0 aromatic heterocycles. The minimum atomic E-state index is -0.262. The molecule has 0 N–H and O–H groups in total. The van der Waals surface area contributed by atoms with Gasteiger partial charge in [-0.1, -0.05) is 30.9 Å². The van der Waals surface area contributed by atoms with Crippen LogP contribution in [0.5, 0.6) is 0 Å². The number of hydrogen-bond acceptors (Lipinski definition) is 4. The van der Waals surface area contributed by atoms with Crippen LogP contribution in [0.4, 0.5) is 0 Å². The zero-order chi connectivity index (χ0) is 8.10. The molecule has 1 nitrogen and oxygen atoms in total. The van der Waals surface area contributed by atoms with E-state index in [0.29, 0.717) is 0 Å². The van der Waals surface area contributed by atoms with E-state index < -0.39 is 0 Å². The van der Waals surface area contributed by atoms with Crippen LogP contribution in [0.3, 0.4) is 0 Å². The van der Waals surface area contributed by atoms with E-state index >= 15 is 0 Å². The van der Waals surface area contributed by atoms with Crippen LogP contribution in [0.15, 0.2) is 0 Å². The molecule has 1 fully saturated rings. The highest BCUT2D eigenvalue weighted by molar-refractivity contribution is 8.05. The molecule has 0 amide bonds. The van der Waals surface area contributed by atoms with Crippen molar-refractivity contribution >= 4 is 43.3 Å². The van der Waals surface area contributed by atoms with Gasteiger partial charge in [-0.25, -0.2) is 0 Å². The molecule has 0 bridgehead atoms. The summed E-state index contributed by atoms with van der Waals surface area (Å²) in [6.45, 7) is 2.22. The van der Waals surface area contributed by atoms with Crippen molar-refractivity contribution in [2.45, 2.75) is 19.3 Å². The van der Waals surface area contributed by atoms with Gasteiger partial charge in [-0.3, -0.25) is 0 Å². The molecule has 0 aliphatic carbocycles. The van der Waals surface area contributed by atoms with Crippen LogP contribution < -0.4 is 0 Å². The molecule has 62 valence electrons. The molecular weight excluding hydrogens is 194 g/mol. The van der Waals surface area contributed by atoms with Crippen molar-refractivity contribution in [2.24, 2.45) is 0 Å².